The maximum Gasteiger partial charge on any atom is 0.133 e. The standard InChI is InChI=1S/C22H23N3O/c1-17(24(2)25-15-19-7-3-4-8-20(19)16-25)14-23-21-10-5-9-18(13-21)22-11-6-12-26-22/h3-13,23H,1,14-16H2,2H3. The number of fused-ring (bicyclic) bond motifs is 1. The summed E-state index contributed by atoms with van der Waals surface area (Å²) in [6.45, 7) is 6.80. The fraction of sp³-hybridized carbons (Fsp3) is 0.182. The van der Waals surface area contributed by atoms with E-state index in [2.05, 4.69) is 65.4 Å². The number of hydrazine groups is 1. The Bertz CT molecular complexity index is 876. The van der Waals surface area contributed by atoms with Crippen LogP contribution in [0, 0.1) is 0 Å². The van der Waals surface area contributed by atoms with Gasteiger partial charge in [0.05, 0.1) is 12.8 Å². The second-order valence-corrected chi connectivity index (χ2v) is 6.59. The van der Waals surface area contributed by atoms with Gasteiger partial charge in [0.15, 0.2) is 0 Å². The van der Waals surface area contributed by atoms with Crippen molar-refractivity contribution in [2.24, 2.45) is 0 Å². The van der Waals surface area contributed by atoms with E-state index in [1.165, 1.54) is 11.1 Å². The molecule has 0 amide bonds. The Morgan fingerprint density at radius 3 is 2.54 bits per heavy atom. The predicted molar refractivity (Wildman–Crippen MR) is 105 cm³/mol. The van der Waals surface area contributed by atoms with Crippen LogP contribution in [0.4, 0.5) is 5.69 Å². The summed E-state index contributed by atoms with van der Waals surface area (Å²) >= 11 is 0. The Labute approximate surface area is 154 Å². The largest absolute Gasteiger partial charge is 0.464 e. The molecule has 0 saturated carbocycles. The molecule has 0 saturated heterocycles. The summed E-state index contributed by atoms with van der Waals surface area (Å²) < 4.78 is 5.48. The van der Waals surface area contributed by atoms with E-state index in [1.807, 2.05) is 24.3 Å². The van der Waals surface area contributed by atoms with Crippen LogP contribution in [-0.4, -0.2) is 23.6 Å². The van der Waals surface area contributed by atoms with Crippen LogP contribution >= 0.6 is 0 Å². The molecule has 1 aliphatic rings. The van der Waals surface area contributed by atoms with Crippen LogP contribution in [0.15, 0.2) is 83.6 Å². The molecule has 0 bridgehead atoms. The van der Waals surface area contributed by atoms with Crippen molar-refractivity contribution in [2.45, 2.75) is 13.1 Å². The van der Waals surface area contributed by atoms with Crippen LogP contribution in [0.1, 0.15) is 11.1 Å². The number of nitrogens with zero attached hydrogens (tertiary/aromatic N) is 2. The monoisotopic (exact) mass is 345 g/mol. The molecule has 0 spiro atoms. The van der Waals surface area contributed by atoms with E-state index in [0.29, 0.717) is 6.54 Å². The smallest absolute Gasteiger partial charge is 0.133 e. The molecular formula is C22H23N3O. The van der Waals surface area contributed by atoms with Gasteiger partial charge in [-0.05, 0) is 35.4 Å². The van der Waals surface area contributed by atoms with Gasteiger partial charge < -0.3 is 14.7 Å². The van der Waals surface area contributed by atoms with E-state index < -0.39 is 0 Å². The Hall–Kier alpha value is -2.98. The molecule has 132 valence electrons. The molecular weight excluding hydrogens is 322 g/mol. The van der Waals surface area contributed by atoms with Crippen LogP contribution in [-0.2, 0) is 13.1 Å². The number of anilines is 1. The number of likely N-dealkylation sites (N-methyl/N-ethyl adjacent to an activating group) is 1. The summed E-state index contributed by atoms with van der Waals surface area (Å²) in [6, 6.07) is 20.7. The van der Waals surface area contributed by atoms with Crippen molar-refractivity contribution in [3.63, 3.8) is 0 Å². The van der Waals surface area contributed by atoms with E-state index >= 15 is 0 Å². The second kappa shape index (κ2) is 7.10. The summed E-state index contributed by atoms with van der Waals surface area (Å²) in [5.41, 5.74) is 5.94. The lowest BCUT2D eigenvalue weighted by molar-refractivity contribution is 0.0291. The maximum absolute atomic E-state index is 5.48. The van der Waals surface area contributed by atoms with Gasteiger partial charge in [0, 0.05) is 37.1 Å². The zero-order valence-corrected chi connectivity index (χ0v) is 15.0. The molecule has 4 rings (SSSR count). The zero-order valence-electron chi connectivity index (χ0n) is 15.0. The van der Waals surface area contributed by atoms with Gasteiger partial charge in [-0.15, -0.1) is 0 Å². The molecule has 2 aromatic carbocycles. The lowest BCUT2D eigenvalue weighted by atomic mass is 10.1. The van der Waals surface area contributed by atoms with E-state index in [1.54, 1.807) is 6.26 Å². The minimum atomic E-state index is 0.685. The van der Waals surface area contributed by atoms with E-state index in [0.717, 1.165) is 35.8 Å². The highest BCUT2D eigenvalue weighted by Crippen LogP contribution is 2.25. The lowest BCUT2D eigenvalue weighted by Gasteiger charge is -2.31. The van der Waals surface area contributed by atoms with Crippen molar-refractivity contribution in [2.75, 3.05) is 18.9 Å². The summed E-state index contributed by atoms with van der Waals surface area (Å²) in [5.74, 6) is 0.874. The first-order valence-electron chi connectivity index (χ1n) is 8.81. The first kappa shape index (κ1) is 16.5. The highest BCUT2D eigenvalue weighted by atomic mass is 16.3. The quantitative estimate of drug-likeness (QED) is 0.699. The highest BCUT2D eigenvalue weighted by molar-refractivity contribution is 5.63. The van der Waals surface area contributed by atoms with Crippen LogP contribution in [0.2, 0.25) is 0 Å². The molecule has 2 heterocycles. The summed E-state index contributed by atoms with van der Waals surface area (Å²) in [4.78, 5) is 0. The highest BCUT2D eigenvalue weighted by Gasteiger charge is 2.22. The molecule has 3 aromatic rings. The zero-order chi connectivity index (χ0) is 17.9. The van der Waals surface area contributed by atoms with Crippen molar-refractivity contribution in [1.29, 1.82) is 0 Å². The van der Waals surface area contributed by atoms with Gasteiger partial charge in [-0.2, -0.15) is 0 Å². The maximum atomic E-state index is 5.48. The average molecular weight is 345 g/mol. The van der Waals surface area contributed by atoms with E-state index in [-0.39, 0.29) is 0 Å². The Morgan fingerprint density at radius 1 is 1.08 bits per heavy atom. The molecule has 4 nitrogen and oxygen atoms in total. The average Bonchev–Trinajstić information content (AvgIpc) is 3.35. The van der Waals surface area contributed by atoms with Gasteiger partial charge in [-0.3, -0.25) is 0 Å². The van der Waals surface area contributed by atoms with Gasteiger partial charge in [0.25, 0.3) is 0 Å². The summed E-state index contributed by atoms with van der Waals surface area (Å²) in [7, 11) is 2.08. The fourth-order valence-corrected chi connectivity index (χ4v) is 3.27. The molecule has 0 atom stereocenters. The Balaban J connectivity index is 1.36. The van der Waals surface area contributed by atoms with Crippen molar-refractivity contribution >= 4 is 5.69 Å². The van der Waals surface area contributed by atoms with Gasteiger partial charge in [-0.1, -0.05) is 43.0 Å². The van der Waals surface area contributed by atoms with E-state index in [9.17, 15) is 0 Å². The number of furan rings is 1. The van der Waals surface area contributed by atoms with Crippen molar-refractivity contribution < 1.29 is 4.42 Å². The number of hydrogen-bond donors (Lipinski definition) is 1. The van der Waals surface area contributed by atoms with Crippen molar-refractivity contribution in [1.82, 2.24) is 10.0 Å². The van der Waals surface area contributed by atoms with E-state index in [4.69, 9.17) is 4.42 Å². The molecule has 4 heteroatoms. The molecule has 0 radical (unpaired) electrons. The predicted octanol–water partition coefficient (Wildman–Crippen LogP) is 4.73. The SMILES string of the molecule is C=C(CNc1cccc(-c2ccco2)c1)N(C)N1Cc2ccccc2C1. The molecule has 0 fully saturated rings. The normalized spacial score (nSPS) is 13.4. The van der Waals surface area contributed by atoms with Gasteiger partial charge in [-0.25, -0.2) is 5.01 Å². The molecule has 0 unspecified atom stereocenters. The topological polar surface area (TPSA) is 31.7 Å². The molecule has 26 heavy (non-hydrogen) atoms. The van der Waals surface area contributed by atoms with Crippen LogP contribution in [0.3, 0.4) is 0 Å². The third kappa shape index (κ3) is 3.37. The molecule has 1 N–H and O–H groups in total. The number of rotatable bonds is 6. The van der Waals surface area contributed by atoms with Crippen molar-refractivity contribution in [3.8, 4) is 11.3 Å². The minimum Gasteiger partial charge on any atom is -0.464 e. The van der Waals surface area contributed by atoms with Gasteiger partial charge >= 0.3 is 0 Å². The molecule has 1 aromatic heterocycles. The Morgan fingerprint density at radius 2 is 1.85 bits per heavy atom. The first-order valence-corrected chi connectivity index (χ1v) is 8.81. The third-order valence-corrected chi connectivity index (χ3v) is 4.87. The second-order valence-electron chi connectivity index (χ2n) is 6.59. The lowest BCUT2D eigenvalue weighted by Crippen LogP contribution is -2.36. The first-order chi connectivity index (χ1) is 12.7. The fourth-order valence-electron chi connectivity index (χ4n) is 3.27. The van der Waals surface area contributed by atoms with Crippen LogP contribution < -0.4 is 5.32 Å². The number of hydrogen-bond acceptors (Lipinski definition) is 4. The van der Waals surface area contributed by atoms with Gasteiger partial charge in [0.1, 0.15) is 5.76 Å². The third-order valence-electron chi connectivity index (χ3n) is 4.87. The van der Waals surface area contributed by atoms with Crippen LogP contribution in [0.25, 0.3) is 11.3 Å². The Kier molecular flexibility index (Phi) is 4.50. The number of benzene rings is 2. The minimum absolute atomic E-state index is 0.685. The molecule has 1 aliphatic heterocycles. The molecule has 0 aliphatic carbocycles. The van der Waals surface area contributed by atoms with Crippen molar-refractivity contribution in [3.05, 3.63) is 90.3 Å². The summed E-state index contributed by atoms with van der Waals surface area (Å²) in [6.07, 6.45) is 1.69. The van der Waals surface area contributed by atoms with Crippen LogP contribution in [0.5, 0.6) is 0 Å². The summed E-state index contributed by atoms with van der Waals surface area (Å²) in [5, 5.41) is 7.93. The van der Waals surface area contributed by atoms with Gasteiger partial charge in [0.2, 0.25) is 0 Å². The number of nitrogens with one attached hydrogen (secondary N) is 1.